The molecule has 0 aromatic rings. The fourth-order valence-electron chi connectivity index (χ4n) is 0.871. The number of aliphatic imine (C=N–C) groups is 1. The molecule has 1 nitrogen and oxygen atoms in total. The van der Waals surface area contributed by atoms with E-state index in [1.165, 1.54) is 0 Å². The van der Waals surface area contributed by atoms with Gasteiger partial charge in [-0.25, -0.2) is 4.39 Å². The van der Waals surface area contributed by atoms with Crippen LogP contribution >= 0.6 is 11.6 Å². The molecule has 0 amide bonds. The Morgan fingerprint density at radius 3 is 2.38 bits per heavy atom. The number of nitrogens with zero attached hydrogens (tertiary/aromatic N) is 1. The minimum atomic E-state index is -0.341. The van der Waals surface area contributed by atoms with Crippen LogP contribution in [-0.4, -0.2) is 12.8 Å². The maximum atomic E-state index is 13.3. The molecule has 0 atom stereocenters. The molecule has 0 aromatic heterocycles. The van der Waals surface area contributed by atoms with Crippen molar-refractivity contribution >= 4 is 17.3 Å². The van der Waals surface area contributed by atoms with E-state index in [2.05, 4.69) is 4.99 Å². The van der Waals surface area contributed by atoms with Crippen molar-refractivity contribution in [3.05, 3.63) is 22.5 Å². The van der Waals surface area contributed by atoms with E-state index < -0.39 is 0 Å². The number of allylic oxidation sites excluding steroid dienone is 4. The van der Waals surface area contributed by atoms with E-state index in [-0.39, 0.29) is 10.9 Å². The standard InChI is InChI=1S/C10H15ClFN/c1-5-9(11)10(12)7(2)6-8(3)13-4/h5H,6H2,1-4H3. The zero-order valence-electron chi connectivity index (χ0n) is 8.49. The normalized spacial score (nSPS) is 15.8. The summed E-state index contributed by atoms with van der Waals surface area (Å²) in [5, 5.41) is 0.168. The molecule has 0 spiro atoms. The summed E-state index contributed by atoms with van der Waals surface area (Å²) < 4.78 is 13.3. The lowest BCUT2D eigenvalue weighted by Gasteiger charge is -2.02. The van der Waals surface area contributed by atoms with Crippen molar-refractivity contribution in [3.8, 4) is 0 Å². The summed E-state index contributed by atoms with van der Waals surface area (Å²) in [5.41, 5.74) is 1.51. The maximum absolute atomic E-state index is 13.3. The van der Waals surface area contributed by atoms with Crippen LogP contribution in [0.4, 0.5) is 4.39 Å². The summed E-state index contributed by atoms with van der Waals surface area (Å²) in [6.45, 7) is 5.28. The lowest BCUT2D eigenvalue weighted by molar-refractivity contribution is 0.646. The van der Waals surface area contributed by atoms with Crippen LogP contribution in [0.5, 0.6) is 0 Å². The molecule has 0 rings (SSSR count). The van der Waals surface area contributed by atoms with Gasteiger partial charge in [0.05, 0.1) is 5.03 Å². The number of rotatable bonds is 3. The van der Waals surface area contributed by atoms with E-state index in [1.54, 1.807) is 27.0 Å². The van der Waals surface area contributed by atoms with Crippen LogP contribution in [0.2, 0.25) is 0 Å². The van der Waals surface area contributed by atoms with Crippen LogP contribution in [0.15, 0.2) is 27.5 Å². The van der Waals surface area contributed by atoms with Crippen molar-refractivity contribution in [1.29, 1.82) is 0 Å². The van der Waals surface area contributed by atoms with Gasteiger partial charge in [-0.3, -0.25) is 4.99 Å². The molecule has 0 aliphatic carbocycles. The van der Waals surface area contributed by atoms with Gasteiger partial charge < -0.3 is 0 Å². The Bertz CT molecular complexity index is 264. The highest BCUT2D eigenvalue weighted by molar-refractivity contribution is 6.31. The quantitative estimate of drug-likeness (QED) is 0.488. The molecule has 0 aromatic carbocycles. The SMILES string of the molecule is CC=C(Cl)C(F)=C(C)CC(C)=NC. The molecule has 13 heavy (non-hydrogen) atoms. The molecule has 0 aliphatic rings. The zero-order valence-corrected chi connectivity index (χ0v) is 9.24. The summed E-state index contributed by atoms with van der Waals surface area (Å²) in [7, 11) is 1.69. The molecule has 74 valence electrons. The average Bonchev–Trinajstić information content (AvgIpc) is 2.14. The summed E-state index contributed by atoms with van der Waals surface area (Å²) >= 11 is 5.63. The van der Waals surface area contributed by atoms with Gasteiger partial charge in [-0.15, -0.1) is 0 Å². The van der Waals surface area contributed by atoms with Gasteiger partial charge in [-0.1, -0.05) is 17.7 Å². The van der Waals surface area contributed by atoms with Crippen LogP contribution in [-0.2, 0) is 0 Å². The summed E-state index contributed by atoms with van der Waals surface area (Å²) in [6, 6.07) is 0. The van der Waals surface area contributed by atoms with E-state index in [0.717, 1.165) is 5.71 Å². The second-order valence-corrected chi connectivity index (χ2v) is 3.27. The first kappa shape index (κ1) is 12.4. The molecule has 0 bridgehead atoms. The number of hydrogen-bond acceptors (Lipinski definition) is 1. The molecule has 0 N–H and O–H groups in total. The van der Waals surface area contributed by atoms with E-state index in [9.17, 15) is 4.39 Å². The van der Waals surface area contributed by atoms with E-state index in [1.807, 2.05) is 6.92 Å². The fraction of sp³-hybridized carbons (Fsp3) is 0.500. The second-order valence-electron chi connectivity index (χ2n) is 2.87. The first-order chi connectivity index (χ1) is 6.02. The smallest absolute Gasteiger partial charge is 0.140 e. The van der Waals surface area contributed by atoms with E-state index in [4.69, 9.17) is 11.6 Å². The van der Waals surface area contributed by atoms with Crippen LogP contribution in [0.3, 0.4) is 0 Å². The van der Waals surface area contributed by atoms with Crippen LogP contribution in [0.25, 0.3) is 0 Å². The highest BCUT2D eigenvalue weighted by Crippen LogP contribution is 2.21. The Kier molecular flexibility index (Phi) is 5.63. The Labute approximate surface area is 84.0 Å². The highest BCUT2D eigenvalue weighted by Gasteiger charge is 2.05. The van der Waals surface area contributed by atoms with E-state index >= 15 is 0 Å². The topological polar surface area (TPSA) is 12.4 Å². The molecule has 3 heteroatoms. The molecule has 0 heterocycles. The predicted molar refractivity (Wildman–Crippen MR) is 57.1 cm³/mol. The monoisotopic (exact) mass is 203 g/mol. The molecular weight excluding hydrogens is 189 g/mol. The summed E-state index contributed by atoms with van der Waals surface area (Å²) in [5.74, 6) is -0.341. The van der Waals surface area contributed by atoms with Gasteiger partial charge in [0.25, 0.3) is 0 Å². The third-order valence-electron chi connectivity index (χ3n) is 1.74. The van der Waals surface area contributed by atoms with Gasteiger partial charge >= 0.3 is 0 Å². The molecule has 0 saturated carbocycles. The molecule has 0 radical (unpaired) electrons. The zero-order chi connectivity index (χ0) is 10.4. The minimum Gasteiger partial charge on any atom is -0.297 e. The molecule has 0 fully saturated rings. The van der Waals surface area contributed by atoms with Crippen LogP contribution < -0.4 is 0 Å². The maximum Gasteiger partial charge on any atom is 0.140 e. The Morgan fingerprint density at radius 1 is 1.46 bits per heavy atom. The third-order valence-corrected chi connectivity index (χ3v) is 2.12. The average molecular weight is 204 g/mol. The van der Waals surface area contributed by atoms with Gasteiger partial charge in [0.1, 0.15) is 5.83 Å². The third kappa shape index (κ3) is 4.23. The summed E-state index contributed by atoms with van der Waals surface area (Å²) in [4.78, 5) is 3.95. The fourth-order valence-corrected chi connectivity index (χ4v) is 1.03. The van der Waals surface area contributed by atoms with Crippen molar-refractivity contribution < 1.29 is 4.39 Å². The Morgan fingerprint density at radius 2 is 2.00 bits per heavy atom. The van der Waals surface area contributed by atoms with Gasteiger partial charge in [0.15, 0.2) is 0 Å². The highest BCUT2D eigenvalue weighted by atomic mass is 35.5. The Balaban J connectivity index is 4.64. The molecule has 0 saturated heterocycles. The first-order valence-electron chi connectivity index (χ1n) is 4.12. The minimum absolute atomic E-state index is 0.168. The Hall–Kier alpha value is -0.630. The van der Waals surface area contributed by atoms with Crippen LogP contribution in [0, 0.1) is 0 Å². The first-order valence-corrected chi connectivity index (χ1v) is 4.50. The number of hydrogen-bond donors (Lipinski definition) is 0. The molecular formula is C10H15ClFN. The second kappa shape index (κ2) is 5.92. The van der Waals surface area contributed by atoms with Gasteiger partial charge in [-0.2, -0.15) is 0 Å². The van der Waals surface area contributed by atoms with Crippen molar-refractivity contribution in [2.45, 2.75) is 27.2 Å². The van der Waals surface area contributed by atoms with Crippen molar-refractivity contribution in [1.82, 2.24) is 0 Å². The predicted octanol–water partition coefficient (Wildman–Crippen LogP) is 3.85. The van der Waals surface area contributed by atoms with Gasteiger partial charge in [-0.05, 0) is 26.3 Å². The van der Waals surface area contributed by atoms with Gasteiger partial charge in [0.2, 0.25) is 0 Å². The largest absolute Gasteiger partial charge is 0.297 e. The molecule has 0 aliphatic heterocycles. The van der Waals surface area contributed by atoms with Crippen molar-refractivity contribution in [2.24, 2.45) is 4.99 Å². The van der Waals surface area contributed by atoms with Gasteiger partial charge in [0, 0.05) is 19.2 Å². The lowest BCUT2D eigenvalue weighted by atomic mass is 10.1. The van der Waals surface area contributed by atoms with E-state index in [0.29, 0.717) is 12.0 Å². The summed E-state index contributed by atoms with van der Waals surface area (Å²) in [6.07, 6.45) is 2.07. The van der Waals surface area contributed by atoms with Crippen molar-refractivity contribution in [3.63, 3.8) is 0 Å². The van der Waals surface area contributed by atoms with Crippen molar-refractivity contribution in [2.75, 3.05) is 7.05 Å². The lowest BCUT2D eigenvalue weighted by Crippen LogP contribution is -1.94. The van der Waals surface area contributed by atoms with Crippen LogP contribution in [0.1, 0.15) is 27.2 Å². The molecule has 0 unspecified atom stereocenters. The number of halogens is 2.